The van der Waals surface area contributed by atoms with Crippen LogP contribution in [0.3, 0.4) is 0 Å². The Morgan fingerprint density at radius 3 is 2.78 bits per heavy atom. The molecule has 0 bridgehead atoms. The van der Waals surface area contributed by atoms with E-state index in [1.165, 1.54) is 32.1 Å². The van der Waals surface area contributed by atoms with Gasteiger partial charge in [0.2, 0.25) is 0 Å². The molecule has 1 aromatic rings. The number of hydrogen-bond acceptors (Lipinski definition) is 3. The molecule has 0 heterocycles. The van der Waals surface area contributed by atoms with Crippen molar-refractivity contribution in [1.82, 2.24) is 5.32 Å². The first kappa shape index (κ1) is 18.1. The van der Waals surface area contributed by atoms with E-state index in [9.17, 15) is 4.79 Å². The minimum atomic E-state index is -0.118. The normalized spacial score (nSPS) is 15.4. The van der Waals surface area contributed by atoms with Crippen molar-refractivity contribution < 1.29 is 14.3 Å². The van der Waals surface area contributed by atoms with Crippen molar-refractivity contribution in [3.8, 4) is 5.75 Å². The van der Waals surface area contributed by atoms with Gasteiger partial charge in [-0.15, -0.1) is 0 Å². The van der Waals surface area contributed by atoms with Crippen LogP contribution in [0.1, 0.15) is 55.8 Å². The number of hydrogen-bond donors (Lipinski definition) is 1. The van der Waals surface area contributed by atoms with Crippen LogP contribution in [-0.2, 0) is 4.74 Å². The van der Waals surface area contributed by atoms with Crippen molar-refractivity contribution in [3.63, 3.8) is 0 Å². The molecule has 5 heteroatoms. The lowest BCUT2D eigenvalue weighted by Crippen LogP contribution is -2.26. The van der Waals surface area contributed by atoms with E-state index in [2.05, 4.69) is 5.32 Å². The van der Waals surface area contributed by atoms with Crippen molar-refractivity contribution in [1.29, 1.82) is 0 Å². The molecule has 1 fully saturated rings. The molecule has 0 aliphatic heterocycles. The van der Waals surface area contributed by atoms with Gasteiger partial charge in [-0.1, -0.05) is 30.9 Å². The van der Waals surface area contributed by atoms with Gasteiger partial charge < -0.3 is 14.8 Å². The molecule has 0 saturated heterocycles. The summed E-state index contributed by atoms with van der Waals surface area (Å²) in [6, 6.07) is 5.10. The largest absolute Gasteiger partial charge is 0.492 e. The van der Waals surface area contributed by atoms with Crippen LogP contribution in [0, 0.1) is 0 Å². The first-order chi connectivity index (χ1) is 11.2. The van der Waals surface area contributed by atoms with Crippen LogP contribution in [-0.4, -0.2) is 31.8 Å². The molecule has 0 spiro atoms. The molecule has 1 N–H and O–H groups in total. The molecule has 0 atom stereocenters. The fourth-order valence-corrected chi connectivity index (χ4v) is 3.01. The quantitative estimate of drug-likeness (QED) is 0.722. The number of ether oxygens (including phenoxy) is 2. The number of benzene rings is 1. The molecule has 0 unspecified atom stereocenters. The third-order valence-corrected chi connectivity index (χ3v) is 4.30. The summed E-state index contributed by atoms with van der Waals surface area (Å²) in [5.74, 6) is 0.485. The second kappa shape index (κ2) is 9.78. The Morgan fingerprint density at radius 1 is 1.30 bits per heavy atom. The summed E-state index contributed by atoms with van der Waals surface area (Å²) in [4.78, 5) is 12.1. The number of carbonyl (C=O) groups is 1. The van der Waals surface area contributed by atoms with Crippen LogP contribution in [0.5, 0.6) is 5.75 Å². The number of halogens is 1. The second-order valence-electron chi connectivity index (χ2n) is 5.82. The van der Waals surface area contributed by atoms with Gasteiger partial charge in [0.15, 0.2) is 0 Å². The molecule has 1 aliphatic rings. The van der Waals surface area contributed by atoms with E-state index in [0.717, 1.165) is 6.42 Å². The minimum Gasteiger partial charge on any atom is -0.492 e. The summed E-state index contributed by atoms with van der Waals surface area (Å²) in [5, 5.41) is 3.36. The Morgan fingerprint density at radius 2 is 2.09 bits per heavy atom. The van der Waals surface area contributed by atoms with Crippen molar-refractivity contribution >= 4 is 17.5 Å². The molecule has 4 nitrogen and oxygen atoms in total. The molecule has 0 radical (unpaired) electrons. The summed E-state index contributed by atoms with van der Waals surface area (Å²) < 4.78 is 11.2. The monoisotopic (exact) mass is 339 g/mol. The Hall–Kier alpha value is -1.26. The highest BCUT2D eigenvalue weighted by molar-refractivity contribution is 6.32. The summed E-state index contributed by atoms with van der Waals surface area (Å²) in [6.07, 6.45) is 7.49. The van der Waals surface area contributed by atoms with Gasteiger partial charge in [-0.3, -0.25) is 4.79 Å². The number of rotatable bonds is 8. The van der Waals surface area contributed by atoms with Gasteiger partial charge >= 0.3 is 0 Å². The Bertz CT molecular complexity index is 501. The predicted octanol–water partition coefficient (Wildman–Crippen LogP) is 4.21. The number of carbonyl (C=O) groups excluding carboxylic acids is 1. The molecular formula is C18H26ClNO3. The van der Waals surface area contributed by atoms with Crippen LogP contribution in [0.15, 0.2) is 18.2 Å². The molecule has 1 aliphatic carbocycles. The molecular weight excluding hydrogens is 314 g/mol. The minimum absolute atomic E-state index is 0.118. The van der Waals surface area contributed by atoms with E-state index < -0.39 is 0 Å². The van der Waals surface area contributed by atoms with E-state index in [1.807, 2.05) is 6.92 Å². The van der Waals surface area contributed by atoms with Crippen molar-refractivity contribution in [3.05, 3.63) is 28.8 Å². The highest BCUT2D eigenvalue weighted by atomic mass is 35.5. The average Bonchev–Trinajstić information content (AvgIpc) is 2.57. The van der Waals surface area contributed by atoms with E-state index >= 15 is 0 Å². The lowest BCUT2D eigenvalue weighted by Gasteiger charge is -2.21. The van der Waals surface area contributed by atoms with Crippen LogP contribution < -0.4 is 10.1 Å². The van der Waals surface area contributed by atoms with E-state index in [0.29, 0.717) is 42.2 Å². The Labute approximate surface area is 143 Å². The zero-order chi connectivity index (χ0) is 16.5. The Balaban J connectivity index is 1.67. The van der Waals surface area contributed by atoms with Crippen LogP contribution in [0.2, 0.25) is 5.02 Å². The molecule has 1 aromatic carbocycles. The van der Waals surface area contributed by atoms with Gasteiger partial charge in [0, 0.05) is 18.7 Å². The molecule has 1 amide bonds. The lowest BCUT2D eigenvalue weighted by molar-refractivity contribution is 0.0273. The standard InChI is InChI=1S/C18H26ClNO3/c1-2-22-17-10-9-14(13-16(17)19)18(21)20-11-6-12-23-15-7-4-3-5-8-15/h9-10,13,15H,2-8,11-12H2,1H3,(H,20,21). The third-order valence-electron chi connectivity index (χ3n) is 4.01. The summed E-state index contributed by atoms with van der Waals surface area (Å²) in [7, 11) is 0. The Kier molecular flexibility index (Phi) is 7.69. The van der Waals surface area contributed by atoms with E-state index in [1.54, 1.807) is 18.2 Å². The van der Waals surface area contributed by atoms with Crippen molar-refractivity contribution in [2.45, 2.75) is 51.6 Å². The highest BCUT2D eigenvalue weighted by Crippen LogP contribution is 2.25. The summed E-state index contributed by atoms with van der Waals surface area (Å²) >= 11 is 6.10. The maximum absolute atomic E-state index is 12.1. The first-order valence-corrected chi connectivity index (χ1v) is 8.90. The maximum Gasteiger partial charge on any atom is 0.251 e. The molecule has 2 rings (SSSR count). The lowest BCUT2D eigenvalue weighted by atomic mass is 9.98. The third kappa shape index (κ3) is 6.04. The highest BCUT2D eigenvalue weighted by Gasteiger charge is 2.13. The fourth-order valence-electron chi connectivity index (χ4n) is 2.77. The van der Waals surface area contributed by atoms with Gasteiger partial charge in [0.25, 0.3) is 5.91 Å². The summed E-state index contributed by atoms with van der Waals surface area (Å²) in [5.41, 5.74) is 0.548. The number of amides is 1. The second-order valence-corrected chi connectivity index (χ2v) is 6.23. The molecule has 0 aromatic heterocycles. The molecule has 128 valence electrons. The van der Waals surface area contributed by atoms with Crippen LogP contribution in [0.25, 0.3) is 0 Å². The van der Waals surface area contributed by atoms with Crippen LogP contribution in [0.4, 0.5) is 0 Å². The van der Waals surface area contributed by atoms with E-state index in [4.69, 9.17) is 21.1 Å². The fraction of sp³-hybridized carbons (Fsp3) is 0.611. The van der Waals surface area contributed by atoms with Crippen molar-refractivity contribution in [2.24, 2.45) is 0 Å². The molecule has 23 heavy (non-hydrogen) atoms. The zero-order valence-corrected chi connectivity index (χ0v) is 14.5. The van der Waals surface area contributed by atoms with Gasteiger partial charge in [-0.25, -0.2) is 0 Å². The zero-order valence-electron chi connectivity index (χ0n) is 13.8. The van der Waals surface area contributed by atoms with Gasteiger partial charge in [-0.05, 0) is 44.4 Å². The van der Waals surface area contributed by atoms with Crippen LogP contribution >= 0.6 is 11.6 Å². The van der Waals surface area contributed by atoms with E-state index in [-0.39, 0.29) is 5.91 Å². The van der Waals surface area contributed by atoms with Gasteiger partial charge in [0.05, 0.1) is 17.7 Å². The number of nitrogens with one attached hydrogen (secondary N) is 1. The first-order valence-electron chi connectivity index (χ1n) is 8.53. The topological polar surface area (TPSA) is 47.6 Å². The van der Waals surface area contributed by atoms with Crippen molar-refractivity contribution in [2.75, 3.05) is 19.8 Å². The smallest absolute Gasteiger partial charge is 0.251 e. The van der Waals surface area contributed by atoms with Gasteiger partial charge in [-0.2, -0.15) is 0 Å². The molecule has 1 saturated carbocycles. The SMILES string of the molecule is CCOc1ccc(C(=O)NCCCOC2CCCCC2)cc1Cl. The predicted molar refractivity (Wildman–Crippen MR) is 92.4 cm³/mol. The average molecular weight is 340 g/mol. The summed E-state index contributed by atoms with van der Waals surface area (Å²) in [6.45, 7) is 3.75. The maximum atomic E-state index is 12.1. The van der Waals surface area contributed by atoms with Gasteiger partial charge in [0.1, 0.15) is 5.75 Å².